The fourth-order valence-corrected chi connectivity index (χ4v) is 2.94. The van der Waals surface area contributed by atoms with E-state index in [-0.39, 0.29) is 5.91 Å². The molecule has 0 radical (unpaired) electrons. The molecule has 28 heavy (non-hydrogen) atoms. The largest absolute Gasteiger partial charge is 0.496 e. The molecule has 8 heteroatoms. The molecule has 3 aromatic rings. The van der Waals surface area contributed by atoms with E-state index in [1.165, 1.54) is 0 Å². The lowest BCUT2D eigenvalue weighted by Crippen LogP contribution is -2.31. The molecule has 0 spiro atoms. The van der Waals surface area contributed by atoms with Gasteiger partial charge in [-0.2, -0.15) is 0 Å². The monoisotopic (exact) mass is 379 g/mol. The highest BCUT2D eigenvalue weighted by atomic mass is 16.5. The Kier molecular flexibility index (Phi) is 5.59. The number of hydrogen-bond donors (Lipinski definition) is 3. The van der Waals surface area contributed by atoms with Crippen molar-refractivity contribution in [2.75, 3.05) is 12.4 Å². The number of primary amides is 1. The summed E-state index contributed by atoms with van der Waals surface area (Å²) in [5.74, 6) is 0.969. The minimum Gasteiger partial charge on any atom is -0.496 e. The van der Waals surface area contributed by atoms with Crippen LogP contribution in [0.3, 0.4) is 0 Å². The van der Waals surface area contributed by atoms with E-state index in [4.69, 9.17) is 10.5 Å². The van der Waals surface area contributed by atoms with Crippen molar-refractivity contribution in [2.24, 2.45) is 12.8 Å². The zero-order valence-electron chi connectivity index (χ0n) is 15.5. The number of nitrogens with two attached hydrogens (primary N) is 1. The number of methoxy groups -OCH3 is 1. The van der Waals surface area contributed by atoms with E-state index >= 15 is 0 Å². The Balaban J connectivity index is 1.95. The van der Waals surface area contributed by atoms with E-state index in [9.17, 15) is 9.59 Å². The van der Waals surface area contributed by atoms with Crippen LogP contribution in [0.15, 0.2) is 60.9 Å². The van der Waals surface area contributed by atoms with Gasteiger partial charge in [0.2, 0.25) is 0 Å². The van der Waals surface area contributed by atoms with Crippen LogP contribution in [-0.2, 0) is 7.05 Å². The fourth-order valence-electron chi connectivity index (χ4n) is 2.94. The van der Waals surface area contributed by atoms with Crippen LogP contribution in [0.4, 0.5) is 10.5 Å². The summed E-state index contributed by atoms with van der Waals surface area (Å²) in [6.07, 6.45) is 3.47. The topological polar surface area (TPSA) is 111 Å². The van der Waals surface area contributed by atoms with Crippen LogP contribution in [-0.4, -0.2) is 28.6 Å². The van der Waals surface area contributed by atoms with Crippen molar-refractivity contribution in [3.8, 4) is 5.75 Å². The Labute approximate surface area is 162 Å². The summed E-state index contributed by atoms with van der Waals surface area (Å²) in [5, 5.41) is 5.46. The number of ether oxygens (including phenoxy) is 1. The van der Waals surface area contributed by atoms with Gasteiger partial charge in [-0.3, -0.25) is 4.79 Å². The quantitative estimate of drug-likeness (QED) is 0.611. The third-order valence-electron chi connectivity index (χ3n) is 4.23. The Bertz CT molecular complexity index is 999. The second kappa shape index (κ2) is 8.26. The maximum Gasteiger partial charge on any atom is 0.316 e. The summed E-state index contributed by atoms with van der Waals surface area (Å²) in [5.41, 5.74) is 6.73. The Morgan fingerprint density at radius 3 is 2.64 bits per heavy atom. The summed E-state index contributed by atoms with van der Waals surface area (Å²) < 4.78 is 7.30. The van der Waals surface area contributed by atoms with Gasteiger partial charge in [0.25, 0.3) is 5.91 Å². The van der Waals surface area contributed by atoms with Gasteiger partial charge in [-0.05, 0) is 24.3 Å². The second-order valence-electron chi connectivity index (χ2n) is 6.11. The molecule has 3 rings (SSSR count). The van der Waals surface area contributed by atoms with Gasteiger partial charge in [0, 0.05) is 36.3 Å². The summed E-state index contributed by atoms with van der Waals surface area (Å²) in [4.78, 5) is 28.4. The zero-order chi connectivity index (χ0) is 20.1. The van der Waals surface area contributed by atoms with Crippen molar-refractivity contribution < 1.29 is 14.3 Å². The van der Waals surface area contributed by atoms with Crippen LogP contribution < -0.4 is 21.1 Å². The maximum atomic E-state index is 12.9. The molecule has 3 amide bonds. The third-order valence-corrected chi connectivity index (χ3v) is 4.23. The number of hydrogen-bond acceptors (Lipinski definition) is 4. The van der Waals surface area contributed by atoms with Crippen LogP contribution in [0.25, 0.3) is 0 Å². The van der Waals surface area contributed by atoms with Gasteiger partial charge in [0.1, 0.15) is 17.6 Å². The van der Waals surface area contributed by atoms with Crippen LogP contribution in [0.5, 0.6) is 5.75 Å². The molecule has 4 N–H and O–H groups in total. The molecular weight excluding hydrogens is 358 g/mol. The molecule has 0 aliphatic heterocycles. The van der Waals surface area contributed by atoms with Gasteiger partial charge in [-0.15, -0.1) is 0 Å². The molecule has 0 unspecified atom stereocenters. The Hall–Kier alpha value is -3.81. The molecule has 144 valence electrons. The third kappa shape index (κ3) is 4.12. The normalized spacial score (nSPS) is 11.5. The van der Waals surface area contributed by atoms with E-state index in [0.717, 1.165) is 5.56 Å². The standard InChI is InChI=1S/C20H21N5O3/c1-25-11-10-22-18(25)17(15-8-3-4-9-16(15)28-2)24-19(26)13-6-5-7-14(12-13)23-20(21)27/h3-12,17H,1-2H3,(H,24,26)(H3,21,23,27)/t17-/m0/s1. The summed E-state index contributed by atoms with van der Waals surface area (Å²) in [6.45, 7) is 0. The van der Waals surface area contributed by atoms with Crippen LogP contribution in [0, 0.1) is 0 Å². The number of amides is 3. The maximum absolute atomic E-state index is 12.9. The van der Waals surface area contributed by atoms with Crippen LogP contribution in [0.1, 0.15) is 27.8 Å². The second-order valence-corrected chi connectivity index (χ2v) is 6.11. The molecule has 1 atom stereocenters. The number of nitrogens with zero attached hydrogens (tertiary/aromatic N) is 2. The van der Waals surface area contributed by atoms with Crippen molar-refractivity contribution in [1.29, 1.82) is 0 Å². The van der Waals surface area contributed by atoms with Crippen molar-refractivity contribution in [3.05, 3.63) is 77.9 Å². The molecule has 1 heterocycles. The van der Waals surface area contributed by atoms with Crippen molar-refractivity contribution in [1.82, 2.24) is 14.9 Å². The first-order valence-corrected chi connectivity index (χ1v) is 8.57. The van der Waals surface area contributed by atoms with E-state index in [1.807, 2.05) is 35.9 Å². The number of aromatic nitrogens is 2. The van der Waals surface area contributed by atoms with Crippen molar-refractivity contribution in [2.45, 2.75) is 6.04 Å². The lowest BCUT2D eigenvalue weighted by Gasteiger charge is -2.21. The highest BCUT2D eigenvalue weighted by Crippen LogP contribution is 2.29. The predicted molar refractivity (Wildman–Crippen MR) is 105 cm³/mol. The molecule has 0 bridgehead atoms. The molecule has 8 nitrogen and oxygen atoms in total. The number of nitrogens with one attached hydrogen (secondary N) is 2. The first kappa shape index (κ1) is 19.0. The summed E-state index contributed by atoms with van der Waals surface area (Å²) in [7, 11) is 3.43. The number of anilines is 1. The first-order valence-electron chi connectivity index (χ1n) is 8.57. The molecule has 0 saturated heterocycles. The minimum atomic E-state index is -0.697. The molecule has 0 fully saturated rings. The first-order chi connectivity index (χ1) is 13.5. The van der Waals surface area contributed by atoms with Gasteiger partial charge in [0.05, 0.1) is 7.11 Å². The van der Waals surface area contributed by atoms with Crippen LogP contribution in [0.2, 0.25) is 0 Å². The number of para-hydroxylation sites is 1. The van der Waals surface area contributed by atoms with E-state index in [0.29, 0.717) is 22.8 Å². The van der Waals surface area contributed by atoms with Gasteiger partial charge in [-0.1, -0.05) is 24.3 Å². The van der Waals surface area contributed by atoms with E-state index < -0.39 is 12.1 Å². The molecule has 0 saturated carbocycles. The number of rotatable bonds is 6. The SMILES string of the molecule is COc1ccccc1[C@H](NC(=O)c1cccc(NC(N)=O)c1)c1nccn1C. The smallest absolute Gasteiger partial charge is 0.316 e. The lowest BCUT2D eigenvalue weighted by molar-refractivity contribution is 0.0940. The lowest BCUT2D eigenvalue weighted by atomic mass is 10.0. The van der Waals surface area contributed by atoms with E-state index in [1.54, 1.807) is 43.8 Å². The van der Waals surface area contributed by atoms with E-state index in [2.05, 4.69) is 15.6 Å². The number of benzene rings is 2. The number of urea groups is 1. The Morgan fingerprint density at radius 1 is 1.18 bits per heavy atom. The van der Waals surface area contributed by atoms with Gasteiger partial charge in [-0.25, -0.2) is 9.78 Å². The van der Waals surface area contributed by atoms with Gasteiger partial charge in [0.15, 0.2) is 0 Å². The average molecular weight is 379 g/mol. The van der Waals surface area contributed by atoms with Gasteiger partial charge < -0.3 is 25.7 Å². The molecular formula is C20H21N5O3. The number of imidazole rings is 1. The zero-order valence-corrected chi connectivity index (χ0v) is 15.5. The van der Waals surface area contributed by atoms with Crippen LogP contribution >= 0.6 is 0 Å². The summed E-state index contributed by atoms with van der Waals surface area (Å²) in [6, 6.07) is 12.7. The minimum absolute atomic E-state index is 0.327. The average Bonchev–Trinajstić information content (AvgIpc) is 3.11. The fraction of sp³-hybridized carbons (Fsp3) is 0.150. The highest BCUT2D eigenvalue weighted by Gasteiger charge is 2.24. The Morgan fingerprint density at radius 2 is 1.96 bits per heavy atom. The van der Waals surface area contributed by atoms with Crippen molar-refractivity contribution >= 4 is 17.6 Å². The van der Waals surface area contributed by atoms with Crippen molar-refractivity contribution in [3.63, 3.8) is 0 Å². The molecule has 0 aliphatic carbocycles. The number of carbonyl (C=O) groups excluding carboxylic acids is 2. The molecule has 1 aromatic heterocycles. The number of carbonyl (C=O) groups is 2. The molecule has 2 aromatic carbocycles. The molecule has 0 aliphatic rings. The predicted octanol–water partition coefficient (Wildman–Crippen LogP) is 2.44. The van der Waals surface area contributed by atoms with Gasteiger partial charge >= 0.3 is 6.03 Å². The number of aryl methyl sites for hydroxylation is 1. The summed E-state index contributed by atoms with van der Waals surface area (Å²) >= 11 is 0. The highest BCUT2D eigenvalue weighted by molar-refractivity contribution is 5.97.